The lowest BCUT2D eigenvalue weighted by Crippen LogP contribution is -2.12. The third-order valence-electron chi connectivity index (χ3n) is 3.37. The van der Waals surface area contributed by atoms with Crippen LogP contribution in [0.25, 0.3) is 5.69 Å². The summed E-state index contributed by atoms with van der Waals surface area (Å²) in [5.41, 5.74) is 2.43. The van der Waals surface area contributed by atoms with Gasteiger partial charge in [-0.15, -0.1) is 10.2 Å². The summed E-state index contributed by atoms with van der Waals surface area (Å²) in [5, 5.41) is 11.7. The number of para-hydroxylation sites is 1. The van der Waals surface area contributed by atoms with E-state index in [2.05, 4.69) is 51.3 Å². The molecule has 1 N–H and O–H groups in total. The van der Waals surface area contributed by atoms with E-state index in [0.717, 1.165) is 25.3 Å². The zero-order valence-electron chi connectivity index (χ0n) is 9.93. The molecule has 4 nitrogen and oxygen atoms in total. The van der Waals surface area contributed by atoms with Crippen LogP contribution in [0.15, 0.2) is 30.6 Å². The Balaban J connectivity index is 2.04. The first-order valence-corrected chi connectivity index (χ1v) is 6.03. The van der Waals surface area contributed by atoms with E-state index < -0.39 is 0 Å². The second-order valence-corrected chi connectivity index (χ2v) is 4.54. The molecule has 1 unspecified atom stereocenters. The molecule has 1 fully saturated rings. The van der Waals surface area contributed by atoms with Crippen LogP contribution in [-0.2, 0) is 0 Å². The fraction of sp³-hybridized carbons (Fsp3) is 0.385. The van der Waals surface area contributed by atoms with E-state index in [1.165, 1.54) is 11.3 Å². The van der Waals surface area contributed by atoms with Gasteiger partial charge >= 0.3 is 0 Å². The number of aryl methyl sites for hydroxylation is 1. The number of nitrogens with zero attached hydrogens (tertiary/aromatic N) is 3. The van der Waals surface area contributed by atoms with E-state index in [4.69, 9.17) is 0 Å². The van der Waals surface area contributed by atoms with Gasteiger partial charge in [0.1, 0.15) is 12.2 Å². The lowest BCUT2D eigenvalue weighted by molar-refractivity contribution is 0.681. The van der Waals surface area contributed by atoms with Crippen LogP contribution in [0.2, 0.25) is 0 Å². The Labute approximate surface area is 101 Å². The van der Waals surface area contributed by atoms with Crippen molar-refractivity contribution in [3.63, 3.8) is 0 Å². The molecule has 0 spiro atoms. The summed E-state index contributed by atoms with van der Waals surface area (Å²) in [6.45, 7) is 4.20. The van der Waals surface area contributed by atoms with E-state index in [0.29, 0.717) is 5.92 Å². The molecular weight excluding hydrogens is 212 g/mol. The first-order chi connectivity index (χ1) is 8.36. The minimum Gasteiger partial charge on any atom is -0.316 e. The fourth-order valence-corrected chi connectivity index (χ4v) is 2.42. The zero-order chi connectivity index (χ0) is 11.7. The highest BCUT2D eigenvalue weighted by Crippen LogP contribution is 2.23. The third-order valence-corrected chi connectivity index (χ3v) is 3.37. The molecule has 1 atom stereocenters. The standard InChI is InChI=1S/C13H16N4/c1-10-4-2-3-5-12(10)17-9-15-16-13(17)11-6-7-14-8-11/h2-5,9,11,14H,6-8H2,1H3. The highest BCUT2D eigenvalue weighted by molar-refractivity contribution is 5.41. The van der Waals surface area contributed by atoms with E-state index in [-0.39, 0.29) is 0 Å². The summed E-state index contributed by atoms with van der Waals surface area (Å²) in [6.07, 6.45) is 2.96. The molecule has 0 amide bonds. The van der Waals surface area contributed by atoms with Crippen molar-refractivity contribution in [3.05, 3.63) is 42.0 Å². The smallest absolute Gasteiger partial charge is 0.141 e. The number of benzene rings is 1. The van der Waals surface area contributed by atoms with E-state index >= 15 is 0 Å². The highest BCUT2D eigenvalue weighted by Gasteiger charge is 2.22. The number of hydrogen-bond donors (Lipinski definition) is 1. The lowest BCUT2D eigenvalue weighted by Gasteiger charge is -2.12. The van der Waals surface area contributed by atoms with Crippen molar-refractivity contribution in [3.8, 4) is 5.69 Å². The van der Waals surface area contributed by atoms with Crippen LogP contribution in [0, 0.1) is 6.92 Å². The summed E-state index contributed by atoms with van der Waals surface area (Å²) in [4.78, 5) is 0. The van der Waals surface area contributed by atoms with Gasteiger partial charge < -0.3 is 5.32 Å². The van der Waals surface area contributed by atoms with Crippen LogP contribution in [0.4, 0.5) is 0 Å². The van der Waals surface area contributed by atoms with Crippen molar-refractivity contribution < 1.29 is 0 Å². The normalized spacial score (nSPS) is 19.7. The van der Waals surface area contributed by atoms with Gasteiger partial charge in [-0.05, 0) is 31.5 Å². The van der Waals surface area contributed by atoms with E-state index in [1.807, 2.05) is 6.33 Å². The molecule has 2 heterocycles. The number of aromatic nitrogens is 3. The Bertz CT molecular complexity index is 512. The Kier molecular flexibility index (Phi) is 2.65. The van der Waals surface area contributed by atoms with Crippen molar-refractivity contribution in [2.45, 2.75) is 19.3 Å². The predicted molar refractivity (Wildman–Crippen MR) is 66.3 cm³/mol. The number of nitrogens with one attached hydrogen (secondary N) is 1. The molecule has 0 radical (unpaired) electrons. The quantitative estimate of drug-likeness (QED) is 0.850. The van der Waals surface area contributed by atoms with Crippen LogP contribution in [0.3, 0.4) is 0 Å². The lowest BCUT2D eigenvalue weighted by atomic mass is 10.1. The maximum atomic E-state index is 4.29. The summed E-state index contributed by atoms with van der Waals surface area (Å²) in [7, 11) is 0. The fourth-order valence-electron chi connectivity index (χ4n) is 2.42. The Morgan fingerprint density at radius 2 is 2.24 bits per heavy atom. The average Bonchev–Trinajstić information content (AvgIpc) is 3.00. The molecule has 17 heavy (non-hydrogen) atoms. The van der Waals surface area contributed by atoms with Crippen LogP contribution in [-0.4, -0.2) is 27.9 Å². The summed E-state index contributed by atoms with van der Waals surface area (Å²) >= 11 is 0. The van der Waals surface area contributed by atoms with Crippen LogP contribution in [0.1, 0.15) is 23.7 Å². The molecule has 1 aliphatic heterocycles. The Morgan fingerprint density at radius 1 is 1.35 bits per heavy atom. The summed E-state index contributed by atoms with van der Waals surface area (Å²) in [6, 6.07) is 8.34. The SMILES string of the molecule is Cc1ccccc1-n1cnnc1C1CCNC1. The van der Waals surface area contributed by atoms with Gasteiger partial charge in [0.2, 0.25) is 0 Å². The number of rotatable bonds is 2. The molecule has 88 valence electrons. The molecule has 0 saturated carbocycles. The minimum absolute atomic E-state index is 0.483. The second-order valence-electron chi connectivity index (χ2n) is 4.54. The number of hydrogen-bond acceptors (Lipinski definition) is 3. The molecule has 1 aliphatic rings. The van der Waals surface area contributed by atoms with Crippen molar-refractivity contribution in [2.24, 2.45) is 0 Å². The van der Waals surface area contributed by atoms with Crippen molar-refractivity contribution in [2.75, 3.05) is 13.1 Å². The monoisotopic (exact) mass is 228 g/mol. The van der Waals surface area contributed by atoms with Gasteiger partial charge in [-0.2, -0.15) is 0 Å². The van der Waals surface area contributed by atoms with Gasteiger partial charge in [0, 0.05) is 12.5 Å². The Morgan fingerprint density at radius 3 is 3.00 bits per heavy atom. The Hall–Kier alpha value is -1.68. The molecule has 0 bridgehead atoms. The van der Waals surface area contributed by atoms with E-state index in [1.54, 1.807) is 0 Å². The molecule has 2 aromatic rings. The van der Waals surface area contributed by atoms with Gasteiger partial charge in [-0.25, -0.2) is 0 Å². The zero-order valence-corrected chi connectivity index (χ0v) is 9.93. The molecule has 0 aliphatic carbocycles. The molecule has 1 saturated heterocycles. The average molecular weight is 228 g/mol. The van der Waals surface area contributed by atoms with Gasteiger partial charge in [0.25, 0.3) is 0 Å². The van der Waals surface area contributed by atoms with Crippen molar-refractivity contribution in [1.82, 2.24) is 20.1 Å². The topological polar surface area (TPSA) is 42.7 Å². The van der Waals surface area contributed by atoms with Crippen LogP contribution < -0.4 is 5.32 Å². The third kappa shape index (κ3) is 1.85. The summed E-state index contributed by atoms with van der Waals surface area (Å²) in [5.74, 6) is 1.56. The first kappa shape index (κ1) is 10.5. The van der Waals surface area contributed by atoms with Crippen molar-refractivity contribution >= 4 is 0 Å². The second kappa shape index (κ2) is 4.30. The molecule has 1 aromatic heterocycles. The maximum absolute atomic E-state index is 4.29. The largest absolute Gasteiger partial charge is 0.316 e. The molecule has 3 rings (SSSR count). The summed E-state index contributed by atoms with van der Waals surface area (Å²) < 4.78 is 2.12. The maximum Gasteiger partial charge on any atom is 0.141 e. The van der Waals surface area contributed by atoms with Gasteiger partial charge in [-0.1, -0.05) is 18.2 Å². The van der Waals surface area contributed by atoms with Crippen LogP contribution in [0.5, 0.6) is 0 Å². The highest BCUT2D eigenvalue weighted by atomic mass is 15.3. The predicted octanol–water partition coefficient (Wildman–Crippen LogP) is 1.65. The molecule has 4 heteroatoms. The first-order valence-electron chi connectivity index (χ1n) is 6.03. The van der Waals surface area contributed by atoms with Gasteiger partial charge in [-0.3, -0.25) is 4.57 Å². The van der Waals surface area contributed by atoms with Crippen LogP contribution >= 0.6 is 0 Å². The van der Waals surface area contributed by atoms with E-state index in [9.17, 15) is 0 Å². The minimum atomic E-state index is 0.483. The molecule has 1 aromatic carbocycles. The van der Waals surface area contributed by atoms with Gasteiger partial charge in [0.05, 0.1) is 5.69 Å². The van der Waals surface area contributed by atoms with Gasteiger partial charge in [0.15, 0.2) is 0 Å². The van der Waals surface area contributed by atoms with Crippen molar-refractivity contribution in [1.29, 1.82) is 0 Å². The molecular formula is C13H16N4.